The van der Waals surface area contributed by atoms with Gasteiger partial charge in [-0.15, -0.1) is 0 Å². The zero-order valence-electron chi connectivity index (χ0n) is 10.7. The summed E-state index contributed by atoms with van der Waals surface area (Å²) in [6, 6.07) is 1.23. The molecular formula is C12H24N2OS. The molecule has 4 heteroatoms. The fourth-order valence-electron chi connectivity index (χ4n) is 2.34. The summed E-state index contributed by atoms with van der Waals surface area (Å²) in [4.78, 5) is 2.38. The van der Waals surface area contributed by atoms with Gasteiger partial charge in [-0.25, -0.2) is 0 Å². The number of likely N-dealkylation sites (tertiary alicyclic amines) is 1. The minimum atomic E-state index is 0.590. The standard InChI is InChI=1S/C12H24N2OS/c1-4-11-7-6-10(2)14(11)12(16)13-8-5-9-15-3/h10-11H,4-9H2,1-3H3,(H,13,16). The normalized spacial score (nSPS) is 24.8. The summed E-state index contributed by atoms with van der Waals surface area (Å²) in [5.41, 5.74) is 0. The van der Waals surface area contributed by atoms with E-state index < -0.39 is 0 Å². The van der Waals surface area contributed by atoms with Gasteiger partial charge in [-0.3, -0.25) is 0 Å². The van der Waals surface area contributed by atoms with Crippen LogP contribution in [0.3, 0.4) is 0 Å². The van der Waals surface area contributed by atoms with Crippen LogP contribution in [0, 0.1) is 0 Å². The molecule has 0 bridgehead atoms. The number of nitrogens with zero attached hydrogens (tertiary/aromatic N) is 1. The van der Waals surface area contributed by atoms with Crippen LogP contribution in [0.1, 0.15) is 39.5 Å². The summed E-state index contributed by atoms with van der Waals surface area (Å²) in [6.07, 6.45) is 4.73. The molecule has 1 heterocycles. The van der Waals surface area contributed by atoms with Crippen molar-refractivity contribution < 1.29 is 4.74 Å². The van der Waals surface area contributed by atoms with Crippen LogP contribution in [-0.2, 0) is 4.74 Å². The van der Waals surface area contributed by atoms with E-state index in [1.54, 1.807) is 7.11 Å². The number of thiocarbonyl (C=S) groups is 1. The van der Waals surface area contributed by atoms with Crippen LogP contribution in [0.5, 0.6) is 0 Å². The Morgan fingerprint density at radius 3 is 2.88 bits per heavy atom. The van der Waals surface area contributed by atoms with Gasteiger partial charge in [0, 0.05) is 32.3 Å². The fraction of sp³-hybridized carbons (Fsp3) is 0.917. The van der Waals surface area contributed by atoms with Gasteiger partial charge in [0.2, 0.25) is 0 Å². The lowest BCUT2D eigenvalue weighted by molar-refractivity contribution is 0.195. The summed E-state index contributed by atoms with van der Waals surface area (Å²) >= 11 is 5.46. The van der Waals surface area contributed by atoms with Crippen molar-refractivity contribution in [2.45, 2.75) is 51.6 Å². The van der Waals surface area contributed by atoms with E-state index in [2.05, 4.69) is 24.1 Å². The summed E-state index contributed by atoms with van der Waals surface area (Å²) in [5.74, 6) is 0. The Labute approximate surface area is 105 Å². The first-order valence-corrected chi connectivity index (χ1v) is 6.66. The average Bonchev–Trinajstić information content (AvgIpc) is 2.65. The van der Waals surface area contributed by atoms with Crippen molar-refractivity contribution in [3.05, 3.63) is 0 Å². The van der Waals surface area contributed by atoms with Crippen molar-refractivity contribution in [3.63, 3.8) is 0 Å². The third kappa shape index (κ3) is 3.59. The molecule has 1 aliphatic rings. The average molecular weight is 244 g/mol. The number of hydrogen-bond acceptors (Lipinski definition) is 2. The molecular weight excluding hydrogens is 220 g/mol. The van der Waals surface area contributed by atoms with Gasteiger partial charge in [0.05, 0.1) is 0 Å². The molecule has 2 unspecified atom stereocenters. The molecule has 0 amide bonds. The van der Waals surface area contributed by atoms with Crippen LogP contribution in [-0.4, -0.2) is 42.4 Å². The molecule has 0 aromatic carbocycles. The molecule has 1 rings (SSSR count). The molecule has 1 N–H and O–H groups in total. The first-order valence-electron chi connectivity index (χ1n) is 6.25. The number of nitrogens with one attached hydrogen (secondary N) is 1. The van der Waals surface area contributed by atoms with E-state index in [0.717, 1.165) is 24.7 Å². The van der Waals surface area contributed by atoms with E-state index in [4.69, 9.17) is 17.0 Å². The summed E-state index contributed by atoms with van der Waals surface area (Å²) in [5, 5.41) is 4.26. The highest BCUT2D eigenvalue weighted by atomic mass is 32.1. The maximum atomic E-state index is 5.46. The number of ether oxygens (including phenoxy) is 1. The minimum absolute atomic E-state index is 0.590. The van der Waals surface area contributed by atoms with Crippen molar-refractivity contribution in [1.29, 1.82) is 0 Å². The number of methoxy groups -OCH3 is 1. The van der Waals surface area contributed by atoms with E-state index in [1.807, 2.05) is 0 Å². The van der Waals surface area contributed by atoms with Crippen molar-refractivity contribution >= 4 is 17.3 Å². The molecule has 0 aliphatic carbocycles. The van der Waals surface area contributed by atoms with Gasteiger partial charge in [0.25, 0.3) is 0 Å². The van der Waals surface area contributed by atoms with Gasteiger partial charge in [0.1, 0.15) is 0 Å². The Hall–Kier alpha value is -0.350. The maximum Gasteiger partial charge on any atom is 0.169 e. The monoisotopic (exact) mass is 244 g/mol. The van der Waals surface area contributed by atoms with Gasteiger partial charge < -0.3 is 15.0 Å². The van der Waals surface area contributed by atoms with Gasteiger partial charge in [-0.2, -0.15) is 0 Å². The lowest BCUT2D eigenvalue weighted by Gasteiger charge is -2.30. The van der Waals surface area contributed by atoms with Gasteiger partial charge >= 0.3 is 0 Å². The van der Waals surface area contributed by atoms with Gasteiger partial charge in [-0.1, -0.05) is 6.92 Å². The predicted molar refractivity (Wildman–Crippen MR) is 71.7 cm³/mol. The van der Waals surface area contributed by atoms with E-state index in [0.29, 0.717) is 12.1 Å². The molecule has 16 heavy (non-hydrogen) atoms. The molecule has 0 aromatic heterocycles. The molecule has 0 aromatic rings. The van der Waals surface area contributed by atoms with Gasteiger partial charge in [-0.05, 0) is 44.8 Å². The Balaban J connectivity index is 2.33. The summed E-state index contributed by atoms with van der Waals surface area (Å²) in [6.45, 7) is 6.21. The molecule has 0 radical (unpaired) electrons. The predicted octanol–water partition coefficient (Wildman–Crippen LogP) is 2.16. The second-order valence-electron chi connectivity index (χ2n) is 4.47. The highest BCUT2D eigenvalue weighted by molar-refractivity contribution is 7.80. The topological polar surface area (TPSA) is 24.5 Å². The molecule has 1 fully saturated rings. The van der Waals surface area contributed by atoms with Crippen LogP contribution in [0.15, 0.2) is 0 Å². The van der Waals surface area contributed by atoms with Crippen LogP contribution < -0.4 is 5.32 Å². The highest BCUT2D eigenvalue weighted by Crippen LogP contribution is 2.25. The van der Waals surface area contributed by atoms with Crippen molar-refractivity contribution in [2.75, 3.05) is 20.3 Å². The smallest absolute Gasteiger partial charge is 0.169 e. The molecule has 94 valence electrons. The second-order valence-corrected chi connectivity index (χ2v) is 4.86. The Morgan fingerprint density at radius 1 is 1.50 bits per heavy atom. The molecule has 0 saturated carbocycles. The van der Waals surface area contributed by atoms with Crippen LogP contribution in [0.4, 0.5) is 0 Å². The highest BCUT2D eigenvalue weighted by Gasteiger charge is 2.30. The first kappa shape index (κ1) is 13.7. The molecule has 3 nitrogen and oxygen atoms in total. The van der Waals surface area contributed by atoms with E-state index >= 15 is 0 Å². The van der Waals surface area contributed by atoms with Crippen LogP contribution in [0.2, 0.25) is 0 Å². The van der Waals surface area contributed by atoms with Crippen molar-refractivity contribution in [2.24, 2.45) is 0 Å². The lowest BCUT2D eigenvalue weighted by atomic mass is 10.2. The van der Waals surface area contributed by atoms with Crippen molar-refractivity contribution in [3.8, 4) is 0 Å². The summed E-state index contributed by atoms with van der Waals surface area (Å²) in [7, 11) is 1.73. The zero-order chi connectivity index (χ0) is 12.0. The van der Waals surface area contributed by atoms with E-state index in [9.17, 15) is 0 Å². The Bertz CT molecular complexity index is 223. The lowest BCUT2D eigenvalue weighted by Crippen LogP contribution is -2.46. The fourth-order valence-corrected chi connectivity index (χ4v) is 2.77. The SMILES string of the molecule is CCC1CCC(C)N1C(=S)NCCCOC. The van der Waals surface area contributed by atoms with Crippen molar-refractivity contribution in [1.82, 2.24) is 10.2 Å². The largest absolute Gasteiger partial charge is 0.385 e. The van der Waals surface area contributed by atoms with Crippen LogP contribution >= 0.6 is 12.2 Å². The molecule has 1 aliphatic heterocycles. The minimum Gasteiger partial charge on any atom is -0.385 e. The Morgan fingerprint density at radius 2 is 2.25 bits per heavy atom. The number of rotatable bonds is 5. The van der Waals surface area contributed by atoms with E-state index in [-0.39, 0.29) is 0 Å². The Kier molecular flexibility index (Phi) is 6.06. The maximum absolute atomic E-state index is 5.46. The quantitative estimate of drug-likeness (QED) is 0.592. The van der Waals surface area contributed by atoms with Gasteiger partial charge in [0.15, 0.2) is 5.11 Å². The summed E-state index contributed by atoms with van der Waals surface area (Å²) < 4.78 is 5.02. The third-order valence-electron chi connectivity index (χ3n) is 3.29. The third-order valence-corrected chi connectivity index (χ3v) is 3.65. The molecule has 2 atom stereocenters. The first-order chi connectivity index (χ1) is 7.70. The van der Waals surface area contributed by atoms with E-state index in [1.165, 1.54) is 19.3 Å². The van der Waals surface area contributed by atoms with Crippen LogP contribution in [0.25, 0.3) is 0 Å². The zero-order valence-corrected chi connectivity index (χ0v) is 11.5. The number of hydrogen-bond donors (Lipinski definition) is 1. The second kappa shape index (κ2) is 7.07. The molecule has 1 saturated heterocycles. The molecule has 0 spiro atoms.